The van der Waals surface area contributed by atoms with Gasteiger partial charge < -0.3 is 19.1 Å². The highest BCUT2D eigenvalue weighted by Gasteiger charge is 2.36. The van der Waals surface area contributed by atoms with E-state index in [2.05, 4.69) is 4.98 Å². The molecule has 13 heteroatoms. The van der Waals surface area contributed by atoms with Gasteiger partial charge in [-0.05, 0) is 37.6 Å². The Kier molecular flexibility index (Phi) is 9.36. The van der Waals surface area contributed by atoms with E-state index in [1.54, 1.807) is 6.92 Å². The van der Waals surface area contributed by atoms with Crippen molar-refractivity contribution in [3.8, 4) is 17.4 Å². The van der Waals surface area contributed by atoms with Crippen LogP contribution in [0.3, 0.4) is 0 Å². The Morgan fingerprint density at radius 2 is 1.86 bits per heavy atom. The molecule has 9 nitrogen and oxygen atoms in total. The van der Waals surface area contributed by atoms with Gasteiger partial charge in [-0.1, -0.05) is 0 Å². The van der Waals surface area contributed by atoms with Crippen LogP contribution in [0.1, 0.15) is 12.5 Å². The van der Waals surface area contributed by atoms with E-state index in [1.165, 1.54) is 25.3 Å². The molecule has 2 amide bonds. The molecule has 0 saturated carbocycles. The number of imide groups is 1. The van der Waals surface area contributed by atoms with Gasteiger partial charge in [0.25, 0.3) is 11.8 Å². The number of anilines is 1. The van der Waals surface area contributed by atoms with Crippen LogP contribution in [0.15, 0.2) is 42.2 Å². The second kappa shape index (κ2) is 12.0. The number of carbonyl (C=O) groups is 3. The smallest absolute Gasteiger partial charge is 0.431 e. The average molecular weight is 513 g/mol. The van der Waals surface area contributed by atoms with E-state index in [4.69, 9.17) is 14.2 Å². The number of benzene rings is 1. The van der Waals surface area contributed by atoms with Crippen LogP contribution >= 0.6 is 0 Å². The zero-order valence-electron chi connectivity index (χ0n) is 19.8. The van der Waals surface area contributed by atoms with E-state index in [0.717, 1.165) is 26.2 Å². The number of ether oxygens (including phenoxy) is 3. The maximum absolute atomic E-state index is 14.7. The van der Waals surface area contributed by atoms with Crippen molar-refractivity contribution in [2.45, 2.75) is 20.0 Å². The fourth-order valence-corrected chi connectivity index (χ4v) is 2.83. The summed E-state index contributed by atoms with van der Waals surface area (Å²) in [6, 6.07) is 4.81. The number of esters is 1. The Labute approximate surface area is 203 Å². The highest BCUT2D eigenvalue weighted by Crippen LogP contribution is 2.35. The van der Waals surface area contributed by atoms with Crippen molar-refractivity contribution in [2.24, 2.45) is 0 Å². The maximum Gasteiger partial charge on any atom is 0.431 e. The predicted octanol–water partition coefficient (Wildman–Crippen LogP) is 3.76. The molecular formula is C23H23F4N3O6. The number of aryl methyl sites for hydroxylation is 1. The summed E-state index contributed by atoms with van der Waals surface area (Å²) in [5.41, 5.74) is -1.78. The Hall–Kier alpha value is -4.16. The van der Waals surface area contributed by atoms with E-state index in [1.807, 2.05) is 0 Å². The van der Waals surface area contributed by atoms with Gasteiger partial charge in [0.1, 0.15) is 17.3 Å². The second-order valence-electron chi connectivity index (χ2n) is 7.31. The van der Waals surface area contributed by atoms with Crippen LogP contribution in [0.2, 0.25) is 0 Å². The number of alkyl halides is 3. The van der Waals surface area contributed by atoms with E-state index < -0.39 is 41.9 Å². The van der Waals surface area contributed by atoms with Crippen LogP contribution in [0.4, 0.5) is 23.2 Å². The van der Waals surface area contributed by atoms with Gasteiger partial charge in [-0.3, -0.25) is 9.59 Å². The molecule has 0 N–H and O–H groups in total. The molecule has 0 radical (unpaired) electrons. The number of halogens is 4. The van der Waals surface area contributed by atoms with Crippen molar-refractivity contribution in [3.63, 3.8) is 0 Å². The number of hydrogen-bond donors (Lipinski definition) is 0. The first kappa shape index (κ1) is 28.1. The summed E-state index contributed by atoms with van der Waals surface area (Å²) in [7, 11) is 2.12. The number of amides is 2. The van der Waals surface area contributed by atoms with E-state index in [9.17, 15) is 31.9 Å². The molecule has 0 aliphatic carbocycles. The quantitative estimate of drug-likeness (QED) is 0.205. The molecule has 0 unspecified atom stereocenters. The molecule has 0 saturated heterocycles. The normalized spacial score (nSPS) is 11.5. The highest BCUT2D eigenvalue weighted by molar-refractivity contribution is 6.12. The molecular weight excluding hydrogens is 490 g/mol. The number of allylic oxidation sites excluding steroid dienone is 1. The first-order chi connectivity index (χ1) is 16.9. The Morgan fingerprint density at radius 1 is 1.17 bits per heavy atom. The number of pyridine rings is 1. The molecule has 0 fully saturated rings. The van der Waals surface area contributed by atoms with Crippen LogP contribution in [-0.4, -0.2) is 61.7 Å². The van der Waals surface area contributed by atoms with Gasteiger partial charge in [0.15, 0.2) is 12.4 Å². The van der Waals surface area contributed by atoms with Crippen LogP contribution in [0.5, 0.6) is 17.4 Å². The molecule has 0 aliphatic heterocycles. The number of nitrogens with zero attached hydrogens (tertiary/aromatic N) is 3. The average Bonchev–Trinajstić information content (AvgIpc) is 2.79. The van der Waals surface area contributed by atoms with Crippen molar-refractivity contribution in [2.75, 3.05) is 32.2 Å². The zero-order valence-corrected chi connectivity index (χ0v) is 19.8. The van der Waals surface area contributed by atoms with Gasteiger partial charge in [-0.15, -0.1) is 0 Å². The number of aromatic nitrogens is 1. The van der Waals surface area contributed by atoms with Crippen molar-refractivity contribution < 1.29 is 46.2 Å². The summed E-state index contributed by atoms with van der Waals surface area (Å²) in [5, 5.41) is 0. The first-order valence-corrected chi connectivity index (χ1v) is 10.3. The lowest BCUT2D eigenvalue weighted by Crippen LogP contribution is -2.32. The third-order valence-corrected chi connectivity index (χ3v) is 4.47. The fourth-order valence-electron chi connectivity index (χ4n) is 2.83. The SMILES string of the molecule is CCOC(=O)COc1ncccc1Oc1cc(N(C=O)C(=O)/C=C(\N(C)C)C(F)(F)F)c(F)cc1C. The number of carbonyl (C=O) groups excluding carboxylic acids is 3. The molecule has 0 aliphatic rings. The maximum atomic E-state index is 14.7. The summed E-state index contributed by atoms with van der Waals surface area (Å²) in [4.78, 5) is 40.5. The summed E-state index contributed by atoms with van der Waals surface area (Å²) in [5.74, 6) is -3.32. The standard InChI is InChI=1S/C23H23F4N3O6/c1-5-34-21(33)12-35-22-17(7-6-8-28-22)36-18-10-16(15(24)9-14(18)2)30(13-31)20(32)11-19(29(3)4)23(25,26)27/h6-11,13H,5,12H2,1-4H3/b19-11-. The monoisotopic (exact) mass is 513 g/mol. The van der Waals surface area contributed by atoms with Gasteiger partial charge in [-0.25, -0.2) is 19.1 Å². The third-order valence-electron chi connectivity index (χ3n) is 4.47. The minimum Gasteiger partial charge on any atom is -0.463 e. The molecule has 1 aromatic carbocycles. The number of rotatable bonds is 10. The molecule has 2 aromatic rings. The second-order valence-corrected chi connectivity index (χ2v) is 7.31. The molecule has 0 atom stereocenters. The van der Waals surface area contributed by atoms with Gasteiger partial charge in [0.05, 0.1) is 12.3 Å². The molecule has 1 aromatic heterocycles. The summed E-state index contributed by atoms with van der Waals surface area (Å²) < 4.78 is 70.2. The fraction of sp³-hybridized carbons (Fsp3) is 0.304. The first-order valence-electron chi connectivity index (χ1n) is 10.3. The number of hydrogen-bond acceptors (Lipinski definition) is 8. The van der Waals surface area contributed by atoms with Crippen LogP contribution in [0.25, 0.3) is 0 Å². The van der Waals surface area contributed by atoms with E-state index >= 15 is 0 Å². The summed E-state index contributed by atoms with van der Waals surface area (Å²) in [6.45, 7) is 2.75. The molecule has 0 spiro atoms. The molecule has 1 heterocycles. The zero-order chi connectivity index (χ0) is 27.0. The van der Waals surface area contributed by atoms with Gasteiger partial charge >= 0.3 is 12.1 Å². The Morgan fingerprint density at radius 3 is 2.44 bits per heavy atom. The largest absolute Gasteiger partial charge is 0.463 e. The topological polar surface area (TPSA) is 98.3 Å². The highest BCUT2D eigenvalue weighted by atomic mass is 19.4. The van der Waals surface area contributed by atoms with Crippen molar-refractivity contribution in [1.29, 1.82) is 0 Å². The van der Waals surface area contributed by atoms with Gasteiger partial charge in [0, 0.05) is 32.4 Å². The van der Waals surface area contributed by atoms with Gasteiger partial charge in [0.2, 0.25) is 6.41 Å². The Balaban J connectivity index is 2.42. The lowest BCUT2D eigenvalue weighted by Gasteiger charge is -2.22. The van der Waals surface area contributed by atoms with Crippen molar-refractivity contribution in [3.05, 3.63) is 53.6 Å². The third kappa shape index (κ3) is 7.17. The summed E-state index contributed by atoms with van der Waals surface area (Å²) in [6.07, 6.45) is -3.47. The minimum atomic E-state index is -4.89. The van der Waals surface area contributed by atoms with Crippen molar-refractivity contribution >= 4 is 24.0 Å². The van der Waals surface area contributed by atoms with E-state index in [0.29, 0.717) is 4.90 Å². The molecule has 2 rings (SSSR count). The molecule has 36 heavy (non-hydrogen) atoms. The van der Waals surface area contributed by atoms with Crippen LogP contribution in [0, 0.1) is 12.7 Å². The molecule has 194 valence electrons. The minimum absolute atomic E-state index is 0.00158. The van der Waals surface area contributed by atoms with Crippen LogP contribution in [-0.2, 0) is 19.1 Å². The van der Waals surface area contributed by atoms with Crippen LogP contribution < -0.4 is 14.4 Å². The predicted molar refractivity (Wildman–Crippen MR) is 119 cm³/mol. The molecule has 0 bridgehead atoms. The Bertz CT molecular complexity index is 1150. The van der Waals surface area contributed by atoms with Gasteiger partial charge in [-0.2, -0.15) is 13.2 Å². The van der Waals surface area contributed by atoms with Crippen molar-refractivity contribution in [1.82, 2.24) is 9.88 Å². The lowest BCUT2D eigenvalue weighted by atomic mass is 10.1. The summed E-state index contributed by atoms with van der Waals surface area (Å²) >= 11 is 0. The lowest BCUT2D eigenvalue weighted by molar-refractivity contribution is -0.145. The van der Waals surface area contributed by atoms with E-state index in [-0.39, 0.29) is 46.9 Å².